The number of halogens is 3. The SMILES string of the molecule is FC(F)(F)c1cccc2c(-c3ccccc3)c(-c3cccs3)cnc12. The lowest BCUT2D eigenvalue weighted by Gasteiger charge is -2.15. The lowest BCUT2D eigenvalue weighted by Crippen LogP contribution is -2.07. The maximum absolute atomic E-state index is 13.4. The van der Waals surface area contributed by atoms with Crippen LogP contribution in [0.4, 0.5) is 13.2 Å². The van der Waals surface area contributed by atoms with Crippen molar-refractivity contribution in [3.63, 3.8) is 0 Å². The van der Waals surface area contributed by atoms with Crippen LogP contribution in [0, 0.1) is 0 Å². The molecular formula is C20H12F3NS. The van der Waals surface area contributed by atoms with Crippen molar-refractivity contribution in [3.05, 3.63) is 77.8 Å². The van der Waals surface area contributed by atoms with Crippen molar-refractivity contribution in [3.8, 4) is 21.6 Å². The second-order valence-corrected chi connectivity index (χ2v) is 6.54. The number of pyridine rings is 1. The number of thiophene rings is 1. The molecule has 0 unspecified atom stereocenters. The van der Waals surface area contributed by atoms with Crippen molar-refractivity contribution in [2.45, 2.75) is 6.18 Å². The summed E-state index contributed by atoms with van der Waals surface area (Å²) in [5.74, 6) is 0. The molecule has 0 fully saturated rings. The third-order valence-corrected chi connectivity index (χ3v) is 4.96. The Morgan fingerprint density at radius 3 is 2.32 bits per heavy atom. The fraction of sp³-hybridized carbons (Fsp3) is 0.0500. The number of benzene rings is 2. The molecule has 0 amide bonds. The van der Waals surface area contributed by atoms with E-state index in [1.165, 1.54) is 6.07 Å². The summed E-state index contributed by atoms with van der Waals surface area (Å²) in [5.41, 5.74) is 1.76. The van der Waals surface area contributed by atoms with E-state index in [9.17, 15) is 13.2 Å². The van der Waals surface area contributed by atoms with Gasteiger partial charge in [-0.1, -0.05) is 48.5 Å². The van der Waals surface area contributed by atoms with Crippen LogP contribution in [0.25, 0.3) is 32.5 Å². The molecule has 5 heteroatoms. The van der Waals surface area contributed by atoms with Gasteiger partial charge in [0.05, 0.1) is 11.1 Å². The van der Waals surface area contributed by atoms with Crippen LogP contribution in [0.1, 0.15) is 5.56 Å². The zero-order chi connectivity index (χ0) is 17.4. The normalized spacial score (nSPS) is 11.8. The smallest absolute Gasteiger partial charge is 0.255 e. The van der Waals surface area contributed by atoms with Crippen LogP contribution < -0.4 is 0 Å². The molecule has 0 saturated heterocycles. The van der Waals surface area contributed by atoms with Crippen LogP contribution in [-0.4, -0.2) is 4.98 Å². The van der Waals surface area contributed by atoms with E-state index < -0.39 is 11.7 Å². The topological polar surface area (TPSA) is 12.9 Å². The molecular weight excluding hydrogens is 343 g/mol. The van der Waals surface area contributed by atoms with Crippen molar-refractivity contribution < 1.29 is 13.2 Å². The molecule has 0 aliphatic carbocycles. The third-order valence-electron chi connectivity index (χ3n) is 4.05. The van der Waals surface area contributed by atoms with Crippen molar-refractivity contribution in [1.29, 1.82) is 0 Å². The fourth-order valence-electron chi connectivity index (χ4n) is 2.99. The minimum atomic E-state index is -4.44. The van der Waals surface area contributed by atoms with Crippen molar-refractivity contribution >= 4 is 22.2 Å². The molecule has 2 aromatic carbocycles. The third kappa shape index (κ3) is 2.81. The zero-order valence-electron chi connectivity index (χ0n) is 12.9. The number of fused-ring (bicyclic) bond motifs is 1. The standard InChI is InChI=1S/C20H12F3NS/c21-20(22,23)16-9-4-8-14-18(13-6-2-1-3-7-13)15(12-24-19(14)16)17-10-5-11-25-17/h1-12H. The van der Waals surface area contributed by atoms with E-state index in [1.54, 1.807) is 23.6 Å². The molecule has 2 aromatic heterocycles. The van der Waals surface area contributed by atoms with Gasteiger partial charge in [0.15, 0.2) is 0 Å². The number of aromatic nitrogens is 1. The van der Waals surface area contributed by atoms with E-state index in [1.807, 2.05) is 47.8 Å². The summed E-state index contributed by atoms with van der Waals surface area (Å²) >= 11 is 1.54. The summed E-state index contributed by atoms with van der Waals surface area (Å²) in [6, 6.07) is 17.6. The van der Waals surface area contributed by atoms with Crippen LogP contribution in [0.5, 0.6) is 0 Å². The van der Waals surface area contributed by atoms with Gasteiger partial charge >= 0.3 is 6.18 Å². The largest absolute Gasteiger partial charge is 0.418 e. The Bertz CT molecular complexity index is 1020. The second kappa shape index (κ2) is 6.01. The first kappa shape index (κ1) is 15.8. The quantitative estimate of drug-likeness (QED) is 0.392. The van der Waals surface area contributed by atoms with Gasteiger partial charge in [-0.05, 0) is 23.1 Å². The average molecular weight is 355 g/mol. The zero-order valence-corrected chi connectivity index (χ0v) is 13.7. The van der Waals surface area contributed by atoms with E-state index >= 15 is 0 Å². The van der Waals surface area contributed by atoms with E-state index in [-0.39, 0.29) is 5.52 Å². The molecule has 0 spiro atoms. The summed E-state index contributed by atoms with van der Waals surface area (Å²) in [6.45, 7) is 0. The molecule has 4 aromatic rings. The molecule has 2 heterocycles. The van der Waals surface area contributed by atoms with Gasteiger partial charge in [0.1, 0.15) is 0 Å². The number of hydrogen-bond acceptors (Lipinski definition) is 2. The van der Waals surface area contributed by atoms with Crippen molar-refractivity contribution in [2.24, 2.45) is 0 Å². The van der Waals surface area contributed by atoms with Crippen LogP contribution >= 0.6 is 11.3 Å². The van der Waals surface area contributed by atoms with Crippen molar-refractivity contribution in [2.75, 3.05) is 0 Å². The fourth-order valence-corrected chi connectivity index (χ4v) is 3.73. The van der Waals surface area contributed by atoms with E-state index in [4.69, 9.17) is 0 Å². The summed E-state index contributed by atoms with van der Waals surface area (Å²) in [5, 5.41) is 2.45. The monoisotopic (exact) mass is 355 g/mol. The molecule has 0 aliphatic heterocycles. The van der Waals surface area contributed by atoms with Gasteiger partial charge in [0, 0.05) is 27.6 Å². The number of para-hydroxylation sites is 1. The first-order valence-electron chi connectivity index (χ1n) is 7.64. The van der Waals surface area contributed by atoms with Gasteiger partial charge in [0.2, 0.25) is 0 Å². The Balaban J connectivity index is 2.12. The summed E-state index contributed by atoms with van der Waals surface area (Å²) in [7, 11) is 0. The Morgan fingerprint density at radius 2 is 1.64 bits per heavy atom. The van der Waals surface area contributed by atoms with Crippen LogP contribution in [0.3, 0.4) is 0 Å². The molecule has 1 nitrogen and oxygen atoms in total. The first-order chi connectivity index (χ1) is 12.1. The summed E-state index contributed by atoms with van der Waals surface area (Å²) < 4.78 is 40.2. The second-order valence-electron chi connectivity index (χ2n) is 5.59. The van der Waals surface area contributed by atoms with Crippen molar-refractivity contribution in [1.82, 2.24) is 4.98 Å². The number of rotatable bonds is 2. The molecule has 0 saturated carbocycles. The lowest BCUT2D eigenvalue weighted by atomic mass is 9.94. The van der Waals surface area contributed by atoms with Gasteiger partial charge in [-0.2, -0.15) is 13.2 Å². The lowest BCUT2D eigenvalue weighted by molar-refractivity contribution is -0.136. The molecule has 124 valence electrons. The highest BCUT2D eigenvalue weighted by molar-refractivity contribution is 7.13. The van der Waals surface area contributed by atoms with Gasteiger partial charge < -0.3 is 0 Å². The van der Waals surface area contributed by atoms with Crippen LogP contribution in [0.2, 0.25) is 0 Å². The predicted molar refractivity (Wildman–Crippen MR) is 95.5 cm³/mol. The molecule has 0 bridgehead atoms. The highest BCUT2D eigenvalue weighted by atomic mass is 32.1. The highest BCUT2D eigenvalue weighted by Crippen LogP contribution is 2.42. The Kier molecular flexibility index (Phi) is 3.81. The molecule has 0 atom stereocenters. The minimum absolute atomic E-state index is 0.0193. The van der Waals surface area contributed by atoms with Gasteiger partial charge in [-0.25, -0.2) is 0 Å². The van der Waals surface area contributed by atoms with Gasteiger partial charge in [-0.3, -0.25) is 4.98 Å². The molecule has 0 N–H and O–H groups in total. The average Bonchev–Trinajstić information content (AvgIpc) is 3.14. The molecule has 0 radical (unpaired) electrons. The summed E-state index contributed by atoms with van der Waals surface area (Å²) in [4.78, 5) is 5.15. The number of alkyl halides is 3. The molecule has 25 heavy (non-hydrogen) atoms. The van der Waals surface area contributed by atoms with Crippen LogP contribution in [0.15, 0.2) is 72.2 Å². The maximum Gasteiger partial charge on any atom is 0.418 e. The maximum atomic E-state index is 13.4. The predicted octanol–water partition coefficient (Wildman–Crippen LogP) is 6.65. The molecule has 4 rings (SSSR count). The first-order valence-corrected chi connectivity index (χ1v) is 8.52. The Labute approximate surface area is 146 Å². The minimum Gasteiger partial charge on any atom is -0.255 e. The van der Waals surface area contributed by atoms with E-state index in [0.29, 0.717) is 5.39 Å². The van der Waals surface area contributed by atoms with E-state index in [0.717, 1.165) is 27.6 Å². The number of hydrogen-bond donors (Lipinski definition) is 0. The Morgan fingerprint density at radius 1 is 0.840 bits per heavy atom. The molecule has 0 aliphatic rings. The van der Waals surface area contributed by atoms with Gasteiger partial charge in [0.25, 0.3) is 0 Å². The summed E-state index contributed by atoms with van der Waals surface area (Å²) in [6.07, 6.45) is -2.89. The highest BCUT2D eigenvalue weighted by Gasteiger charge is 2.33. The van der Waals surface area contributed by atoms with Gasteiger partial charge in [-0.15, -0.1) is 11.3 Å². The number of nitrogens with zero attached hydrogens (tertiary/aromatic N) is 1. The Hall–Kier alpha value is -2.66. The van der Waals surface area contributed by atoms with Crippen LogP contribution in [-0.2, 0) is 6.18 Å². The van der Waals surface area contributed by atoms with E-state index in [2.05, 4.69) is 4.98 Å².